The van der Waals surface area contributed by atoms with E-state index in [4.69, 9.17) is 0 Å². The molecule has 116 valence electrons. The molecule has 3 atom stereocenters. The first-order chi connectivity index (χ1) is 10.0. The minimum atomic E-state index is -0.297. The van der Waals surface area contributed by atoms with Crippen LogP contribution in [0.2, 0.25) is 0 Å². The highest BCUT2D eigenvalue weighted by Crippen LogP contribution is 2.31. The summed E-state index contributed by atoms with van der Waals surface area (Å²) in [6.45, 7) is 6.08. The molecule has 0 amide bonds. The van der Waals surface area contributed by atoms with Gasteiger partial charge in [0.05, 0.1) is 4.92 Å². The van der Waals surface area contributed by atoms with Crippen molar-refractivity contribution in [3.63, 3.8) is 0 Å². The summed E-state index contributed by atoms with van der Waals surface area (Å²) < 4.78 is 0. The Kier molecular flexibility index (Phi) is 5.65. The number of benzene rings is 1. The average Bonchev–Trinajstić information content (AvgIpc) is 2.86. The Morgan fingerprint density at radius 3 is 2.90 bits per heavy atom. The second kappa shape index (κ2) is 7.27. The van der Waals surface area contributed by atoms with Gasteiger partial charge in [0.1, 0.15) is 0 Å². The molecular weight excluding hydrogens is 284 g/mol. The predicted octanol–water partition coefficient (Wildman–Crippen LogP) is 4.23. The first-order valence-electron chi connectivity index (χ1n) is 7.63. The number of nitrogens with zero attached hydrogens (tertiary/aromatic N) is 1. The minimum absolute atomic E-state index is 0.152. The van der Waals surface area contributed by atoms with E-state index in [0.717, 1.165) is 16.4 Å². The van der Waals surface area contributed by atoms with Crippen LogP contribution in [0.25, 0.3) is 0 Å². The van der Waals surface area contributed by atoms with Crippen molar-refractivity contribution in [2.24, 2.45) is 0 Å². The molecule has 0 saturated heterocycles. The van der Waals surface area contributed by atoms with Crippen molar-refractivity contribution in [2.75, 3.05) is 5.75 Å². The summed E-state index contributed by atoms with van der Waals surface area (Å²) in [5.41, 5.74) is 1.93. The van der Waals surface area contributed by atoms with Gasteiger partial charge in [-0.2, -0.15) is 11.8 Å². The second-order valence-corrected chi connectivity index (χ2v) is 7.36. The molecule has 5 heteroatoms. The molecule has 1 fully saturated rings. The van der Waals surface area contributed by atoms with Crippen molar-refractivity contribution in [2.45, 2.75) is 57.4 Å². The lowest BCUT2D eigenvalue weighted by Gasteiger charge is -2.20. The standard InChI is InChI=1S/C16H24N2O2S/c1-4-21-15-8-7-14(10-15)17-12(3)13-6-5-11(2)16(9-13)18(19)20/h5-6,9,12,14-15,17H,4,7-8,10H2,1-3H3. The lowest BCUT2D eigenvalue weighted by atomic mass is 10.0. The van der Waals surface area contributed by atoms with Crippen molar-refractivity contribution in [1.29, 1.82) is 0 Å². The molecule has 1 aromatic rings. The Morgan fingerprint density at radius 1 is 1.48 bits per heavy atom. The van der Waals surface area contributed by atoms with Gasteiger partial charge in [0.2, 0.25) is 0 Å². The van der Waals surface area contributed by atoms with Gasteiger partial charge in [-0.1, -0.05) is 19.1 Å². The number of thioether (sulfide) groups is 1. The van der Waals surface area contributed by atoms with Gasteiger partial charge in [0.15, 0.2) is 0 Å². The first kappa shape index (κ1) is 16.3. The normalized spacial score (nSPS) is 23.2. The maximum atomic E-state index is 11.0. The summed E-state index contributed by atoms with van der Waals surface area (Å²) >= 11 is 2.04. The molecule has 0 aliphatic heterocycles. The van der Waals surface area contributed by atoms with Gasteiger partial charge in [0.25, 0.3) is 5.69 Å². The smallest absolute Gasteiger partial charge is 0.272 e. The van der Waals surface area contributed by atoms with Gasteiger partial charge < -0.3 is 5.32 Å². The Hall–Kier alpha value is -1.07. The topological polar surface area (TPSA) is 55.2 Å². The first-order valence-corrected chi connectivity index (χ1v) is 8.68. The molecule has 1 aliphatic rings. The molecule has 1 N–H and O–H groups in total. The molecule has 4 nitrogen and oxygen atoms in total. The van der Waals surface area contributed by atoms with E-state index in [9.17, 15) is 10.1 Å². The largest absolute Gasteiger partial charge is 0.307 e. The molecule has 0 radical (unpaired) electrons. The Morgan fingerprint density at radius 2 is 2.24 bits per heavy atom. The number of nitro benzene ring substituents is 1. The van der Waals surface area contributed by atoms with Gasteiger partial charge >= 0.3 is 0 Å². The van der Waals surface area contributed by atoms with E-state index in [1.807, 2.05) is 23.9 Å². The van der Waals surface area contributed by atoms with Crippen LogP contribution in [0.3, 0.4) is 0 Å². The third-order valence-electron chi connectivity index (χ3n) is 4.20. The quantitative estimate of drug-likeness (QED) is 0.631. The van der Waals surface area contributed by atoms with Gasteiger partial charge in [-0.25, -0.2) is 0 Å². The molecule has 3 unspecified atom stereocenters. The Labute approximate surface area is 130 Å². The van der Waals surface area contributed by atoms with Gasteiger partial charge in [-0.05, 0) is 44.4 Å². The summed E-state index contributed by atoms with van der Waals surface area (Å²) in [6.07, 6.45) is 3.68. The molecule has 2 rings (SSSR count). The molecule has 1 saturated carbocycles. The van der Waals surface area contributed by atoms with Crippen LogP contribution in [-0.2, 0) is 0 Å². The fraction of sp³-hybridized carbons (Fsp3) is 0.625. The van der Waals surface area contributed by atoms with E-state index in [0.29, 0.717) is 6.04 Å². The summed E-state index contributed by atoms with van der Waals surface area (Å²) in [7, 11) is 0. The molecule has 0 spiro atoms. The maximum Gasteiger partial charge on any atom is 0.272 e. The molecule has 1 aliphatic carbocycles. The predicted molar refractivity (Wildman–Crippen MR) is 88.9 cm³/mol. The zero-order valence-corrected chi connectivity index (χ0v) is 13.8. The minimum Gasteiger partial charge on any atom is -0.307 e. The highest BCUT2D eigenvalue weighted by atomic mass is 32.2. The van der Waals surface area contributed by atoms with Crippen molar-refractivity contribution >= 4 is 17.4 Å². The summed E-state index contributed by atoms with van der Waals surface area (Å²) in [5.74, 6) is 1.18. The van der Waals surface area contributed by atoms with Crippen LogP contribution in [-0.4, -0.2) is 22.0 Å². The van der Waals surface area contributed by atoms with E-state index in [2.05, 4.69) is 19.2 Å². The van der Waals surface area contributed by atoms with E-state index in [-0.39, 0.29) is 16.7 Å². The van der Waals surface area contributed by atoms with Gasteiger partial charge in [-0.3, -0.25) is 10.1 Å². The third-order valence-corrected chi connectivity index (χ3v) is 5.44. The highest BCUT2D eigenvalue weighted by molar-refractivity contribution is 7.99. The molecule has 0 heterocycles. The van der Waals surface area contributed by atoms with Gasteiger partial charge in [0, 0.05) is 29.0 Å². The average molecular weight is 308 g/mol. The van der Waals surface area contributed by atoms with Crippen LogP contribution in [0, 0.1) is 17.0 Å². The van der Waals surface area contributed by atoms with Crippen LogP contribution in [0.15, 0.2) is 18.2 Å². The van der Waals surface area contributed by atoms with E-state index in [1.165, 1.54) is 25.0 Å². The number of nitro groups is 1. The lowest BCUT2D eigenvalue weighted by Crippen LogP contribution is -2.29. The summed E-state index contributed by atoms with van der Waals surface area (Å²) in [4.78, 5) is 10.7. The molecular formula is C16H24N2O2S. The van der Waals surface area contributed by atoms with Crippen molar-refractivity contribution < 1.29 is 4.92 Å². The van der Waals surface area contributed by atoms with Crippen molar-refractivity contribution in [3.05, 3.63) is 39.4 Å². The van der Waals surface area contributed by atoms with Crippen LogP contribution in [0.1, 0.15) is 50.3 Å². The summed E-state index contributed by atoms with van der Waals surface area (Å²) in [5, 5.41) is 15.4. The molecule has 0 aromatic heterocycles. The lowest BCUT2D eigenvalue weighted by molar-refractivity contribution is -0.385. The number of hydrogen-bond acceptors (Lipinski definition) is 4. The van der Waals surface area contributed by atoms with Crippen LogP contribution >= 0.6 is 11.8 Å². The maximum absolute atomic E-state index is 11.0. The number of hydrogen-bond donors (Lipinski definition) is 1. The van der Waals surface area contributed by atoms with Crippen LogP contribution in [0.4, 0.5) is 5.69 Å². The third kappa shape index (κ3) is 4.20. The van der Waals surface area contributed by atoms with Crippen LogP contribution in [0.5, 0.6) is 0 Å². The van der Waals surface area contributed by atoms with E-state index in [1.54, 1.807) is 13.0 Å². The molecule has 0 bridgehead atoms. The van der Waals surface area contributed by atoms with E-state index < -0.39 is 0 Å². The monoisotopic (exact) mass is 308 g/mol. The summed E-state index contributed by atoms with van der Waals surface area (Å²) in [6, 6.07) is 6.23. The number of nitrogens with one attached hydrogen (secondary N) is 1. The molecule has 21 heavy (non-hydrogen) atoms. The zero-order chi connectivity index (χ0) is 15.4. The number of aryl methyl sites for hydroxylation is 1. The van der Waals surface area contributed by atoms with Crippen LogP contribution < -0.4 is 5.32 Å². The molecule has 1 aromatic carbocycles. The fourth-order valence-corrected chi connectivity index (χ4v) is 4.16. The van der Waals surface area contributed by atoms with E-state index >= 15 is 0 Å². The fourth-order valence-electron chi connectivity index (χ4n) is 3.02. The highest BCUT2D eigenvalue weighted by Gasteiger charge is 2.26. The number of rotatable bonds is 6. The second-order valence-electron chi connectivity index (χ2n) is 5.78. The zero-order valence-electron chi connectivity index (χ0n) is 13.0. The Balaban J connectivity index is 1.99. The SMILES string of the molecule is CCSC1CCC(NC(C)c2ccc(C)c([N+](=O)[O-])c2)C1. The van der Waals surface area contributed by atoms with Crippen molar-refractivity contribution in [3.8, 4) is 0 Å². The van der Waals surface area contributed by atoms with Crippen molar-refractivity contribution in [1.82, 2.24) is 5.32 Å². The van der Waals surface area contributed by atoms with Gasteiger partial charge in [-0.15, -0.1) is 0 Å². The Bertz CT molecular complexity index is 507.